The van der Waals surface area contributed by atoms with Crippen LogP contribution in [0.2, 0.25) is 5.02 Å². The molecule has 1 aliphatic rings. The van der Waals surface area contributed by atoms with E-state index in [1.54, 1.807) is 24.6 Å². The molecule has 0 spiro atoms. The van der Waals surface area contributed by atoms with Crippen LogP contribution in [0.3, 0.4) is 0 Å². The minimum Gasteiger partial charge on any atom is -0.484 e. The van der Waals surface area contributed by atoms with Gasteiger partial charge in [0.1, 0.15) is 22.1 Å². The third-order valence-electron chi connectivity index (χ3n) is 6.03. The molecule has 0 atom stereocenters. The molecule has 0 aliphatic carbocycles. The molecule has 4 aromatic rings. The van der Waals surface area contributed by atoms with Crippen LogP contribution in [0.15, 0.2) is 42.0 Å². The largest absolute Gasteiger partial charge is 0.484 e. The van der Waals surface area contributed by atoms with Crippen molar-refractivity contribution >= 4 is 45.7 Å². The van der Waals surface area contributed by atoms with Crippen LogP contribution in [0.5, 0.6) is 5.75 Å². The van der Waals surface area contributed by atoms with Crippen molar-refractivity contribution in [2.45, 2.75) is 25.4 Å². The summed E-state index contributed by atoms with van der Waals surface area (Å²) in [6.45, 7) is 2.89. The second kappa shape index (κ2) is 10.6. The van der Waals surface area contributed by atoms with Crippen molar-refractivity contribution in [3.63, 3.8) is 0 Å². The number of aromatic amines is 1. The second-order valence-corrected chi connectivity index (χ2v) is 9.76. The van der Waals surface area contributed by atoms with Crippen LogP contribution >= 0.6 is 22.9 Å². The van der Waals surface area contributed by atoms with Crippen molar-refractivity contribution in [3.05, 3.63) is 52.1 Å². The molecule has 11 heteroatoms. The molecule has 1 amide bonds. The van der Waals surface area contributed by atoms with E-state index in [0.29, 0.717) is 28.3 Å². The highest BCUT2D eigenvalue weighted by Crippen LogP contribution is 2.32. The summed E-state index contributed by atoms with van der Waals surface area (Å²) in [6, 6.07) is 7.72. The monoisotopic (exact) mass is 511 g/mol. The number of benzene rings is 1. The summed E-state index contributed by atoms with van der Waals surface area (Å²) in [5.41, 5.74) is 3.11. The van der Waals surface area contributed by atoms with E-state index in [9.17, 15) is 4.79 Å². The van der Waals surface area contributed by atoms with Gasteiger partial charge in [0, 0.05) is 43.3 Å². The molecule has 0 saturated carbocycles. The summed E-state index contributed by atoms with van der Waals surface area (Å²) >= 11 is 8.26. The molecule has 4 heterocycles. The Bertz CT molecular complexity index is 1290. The second-order valence-electron chi connectivity index (χ2n) is 8.37. The Kier molecular flexibility index (Phi) is 7.12. The van der Waals surface area contributed by atoms with Gasteiger partial charge in [-0.2, -0.15) is 0 Å². The van der Waals surface area contributed by atoms with Crippen molar-refractivity contribution in [1.82, 2.24) is 30.2 Å². The van der Waals surface area contributed by atoms with Gasteiger partial charge >= 0.3 is 0 Å². The molecule has 1 saturated heterocycles. The summed E-state index contributed by atoms with van der Waals surface area (Å²) in [6.07, 6.45) is 5.54. The van der Waals surface area contributed by atoms with Gasteiger partial charge in [-0.15, -0.1) is 11.3 Å². The summed E-state index contributed by atoms with van der Waals surface area (Å²) in [7, 11) is 1.58. The third-order valence-corrected chi connectivity index (χ3v) is 7.08. The fraction of sp³-hybridized carbons (Fsp3) is 0.333. The molecule has 5 rings (SSSR count). The average Bonchev–Trinajstić information content (AvgIpc) is 3.56. The van der Waals surface area contributed by atoms with Gasteiger partial charge in [0.15, 0.2) is 12.3 Å². The van der Waals surface area contributed by atoms with Gasteiger partial charge in [-0.3, -0.25) is 9.69 Å². The van der Waals surface area contributed by atoms with Crippen LogP contribution in [-0.2, 0) is 11.3 Å². The quantitative estimate of drug-likeness (QED) is 0.329. The Labute approximate surface area is 211 Å². The SMILES string of the molecule is CNC(=O)COc1ccc(-c2nc3ncc(Cl)c(NC4CCN(Cc5nccs5)CC4)c3[nH]2)cc1. The molecule has 1 fully saturated rings. The number of aromatic nitrogens is 4. The van der Waals surface area contributed by atoms with Crippen molar-refractivity contribution in [3.8, 4) is 17.1 Å². The van der Waals surface area contributed by atoms with E-state index in [1.807, 2.05) is 35.8 Å². The Morgan fingerprint density at radius 2 is 2.06 bits per heavy atom. The molecule has 0 bridgehead atoms. The highest BCUT2D eigenvalue weighted by molar-refractivity contribution is 7.09. The number of carbonyl (C=O) groups is 1. The lowest BCUT2D eigenvalue weighted by Gasteiger charge is -2.32. The molecule has 0 radical (unpaired) electrons. The standard InChI is InChI=1S/C24H26ClN7O2S/c1-26-19(33)14-34-17-4-2-15(3-5-17)23-30-22-21(18(25)12-28-24(22)31-23)29-16-6-9-32(10-7-16)13-20-27-8-11-35-20/h2-5,8,11-12,16H,6-7,9-10,13-14H2,1H3,(H,26,33)(H2,28,29,30,31). The zero-order valence-electron chi connectivity index (χ0n) is 19.3. The number of halogens is 1. The van der Waals surface area contributed by atoms with Gasteiger partial charge in [-0.25, -0.2) is 15.0 Å². The molecule has 3 N–H and O–H groups in total. The number of anilines is 1. The van der Waals surface area contributed by atoms with Gasteiger partial charge in [0.05, 0.1) is 23.5 Å². The Hall–Kier alpha value is -3.21. The third kappa shape index (κ3) is 5.55. The number of ether oxygens (including phenoxy) is 1. The first-order chi connectivity index (χ1) is 17.1. The molecule has 3 aromatic heterocycles. The van der Waals surface area contributed by atoms with Crippen molar-refractivity contribution in [2.75, 3.05) is 32.1 Å². The van der Waals surface area contributed by atoms with Crippen molar-refractivity contribution in [1.29, 1.82) is 0 Å². The number of fused-ring (bicyclic) bond motifs is 1. The fourth-order valence-corrected chi connectivity index (χ4v) is 4.96. The van der Waals surface area contributed by atoms with E-state index in [-0.39, 0.29) is 12.5 Å². The summed E-state index contributed by atoms with van der Waals surface area (Å²) < 4.78 is 5.48. The molecular formula is C24H26ClN7O2S. The van der Waals surface area contributed by atoms with Crippen LogP contribution in [-0.4, -0.2) is 63.5 Å². The number of rotatable bonds is 8. The van der Waals surface area contributed by atoms with Crippen molar-refractivity contribution < 1.29 is 9.53 Å². The fourth-order valence-electron chi connectivity index (χ4n) is 4.10. The zero-order valence-corrected chi connectivity index (χ0v) is 20.8. The van der Waals surface area contributed by atoms with Crippen LogP contribution < -0.4 is 15.4 Å². The maximum Gasteiger partial charge on any atom is 0.257 e. The Balaban J connectivity index is 1.27. The Morgan fingerprint density at radius 1 is 1.26 bits per heavy atom. The number of H-pyrrole nitrogens is 1. The minimum atomic E-state index is -0.181. The van der Waals surface area contributed by atoms with Crippen LogP contribution in [0.25, 0.3) is 22.6 Å². The van der Waals surface area contributed by atoms with Crippen LogP contribution in [0.1, 0.15) is 17.8 Å². The van der Waals surface area contributed by atoms with Gasteiger partial charge in [0.2, 0.25) is 0 Å². The Morgan fingerprint density at radius 3 is 2.77 bits per heavy atom. The number of piperidine rings is 1. The lowest BCUT2D eigenvalue weighted by atomic mass is 10.0. The molecule has 1 aromatic carbocycles. The van der Waals surface area contributed by atoms with Gasteiger partial charge in [-0.05, 0) is 37.1 Å². The first-order valence-corrected chi connectivity index (χ1v) is 12.7. The molecule has 0 unspecified atom stereocenters. The van der Waals surface area contributed by atoms with Gasteiger partial charge in [-0.1, -0.05) is 11.6 Å². The van der Waals surface area contributed by atoms with Gasteiger partial charge in [0.25, 0.3) is 5.91 Å². The number of hydrogen-bond acceptors (Lipinski definition) is 8. The number of nitrogens with zero attached hydrogens (tertiary/aromatic N) is 4. The maximum atomic E-state index is 11.4. The number of likely N-dealkylation sites (tertiary alicyclic amines) is 1. The smallest absolute Gasteiger partial charge is 0.257 e. The average molecular weight is 512 g/mol. The van der Waals surface area contributed by atoms with Crippen molar-refractivity contribution in [2.24, 2.45) is 0 Å². The molecule has 182 valence electrons. The van der Waals surface area contributed by atoms with E-state index in [0.717, 1.165) is 54.3 Å². The first-order valence-electron chi connectivity index (χ1n) is 11.4. The van der Waals surface area contributed by atoms with Crippen LogP contribution in [0, 0.1) is 0 Å². The van der Waals surface area contributed by atoms with E-state index in [1.165, 1.54) is 0 Å². The summed E-state index contributed by atoms with van der Waals surface area (Å²) in [4.78, 5) is 30.7. The predicted octanol–water partition coefficient (Wildman–Crippen LogP) is 3.94. The van der Waals surface area contributed by atoms with Gasteiger partial charge < -0.3 is 20.4 Å². The van der Waals surface area contributed by atoms with E-state index in [2.05, 4.69) is 35.5 Å². The predicted molar refractivity (Wildman–Crippen MR) is 138 cm³/mol. The number of thiazole rings is 1. The number of hydrogen-bond donors (Lipinski definition) is 3. The minimum absolute atomic E-state index is 0.0260. The van der Waals surface area contributed by atoms with E-state index in [4.69, 9.17) is 16.3 Å². The van der Waals surface area contributed by atoms with E-state index < -0.39 is 0 Å². The van der Waals surface area contributed by atoms with Crippen LogP contribution in [0.4, 0.5) is 5.69 Å². The molecule has 35 heavy (non-hydrogen) atoms. The normalized spacial score (nSPS) is 14.8. The number of pyridine rings is 1. The maximum absolute atomic E-state index is 11.4. The highest BCUT2D eigenvalue weighted by Gasteiger charge is 2.22. The first kappa shape index (κ1) is 23.5. The highest BCUT2D eigenvalue weighted by atomic mass is 35.5. The lowest BCUT2D eigenvalue weighted by molar-refractivity contribution is -0.122. The zero-order chi connectivity index (χ0) is 24.2. The lowest BCUT2D eigenvalue weighted by Crippen LogP contribution is -2.38. The topological polar surface area (TPSA) is 108 Å². The number of carbonyl (C=O) groups excluding carboxylic acids is 1. The van der Waals surface area contributed by atoms with E-state index >= 15 is 0 Å². The molecular weight excluding hydrogens is 486 g/mol. The molecule has 1 aliphatic heterocycles. The molecule has 9 nitrogen and oxygen atoms in total. The number of likely N-dealkylation sites (N-methyl/N-ethyl adjacent to an activating group) is 1. The summed E-state index contributed by atoms with van der Waals surface area (Å²) in [5, 5.41) is 9.91. The number of amides is 1. The number of nitrogens with one attached hydrogen (secondary N) is 3. The number of imidazole rings is 1. The summed E-state index contributed by atoms with van der Waals surface area (Å²) in [5.74, 6) is 1.12.